The highest BCUT2D eigenvalue weighted by Crippen LogP contribution is 2.34. The van der Waals surface area contributed by atoms with Crippen molar-refractivity contribution in [3.05, 3.63) is 69.5 Å². The number of alkyl halides is 3. The van der Waals surface area contributed by atoms with Crippen molar-refractivity contribution in [2.45, 2.75) is 51.5 Å². The third-order valence-corrected chi connectivity index (χ3v) is 7.56. The van der Waals surface area contributed by atoms with Gasteiger partial charge in [-0.25, -0.2) is 24.7 Å². The number of fused-ring (bicyclic) bond motifs is 1. The molecule has 0 spiro atoms. The monoisotopic (exact) mass is 625 g/mol. The highest BCUT2D eigenvalue weighted by Gasteiger charge is 2.46. The van der Waals surface area contributed by atoms with Gasteiger partial charge in [0.1, 0.15) is 23.5 Å². The van der Waals surface area contributed by atoms with Crippen LogP contribution in [-0.4, -0.2) is 68.4 Å². The summed E-state index contributed by atoms with van der Waals surface area (Å²) in [5.74, 6) is -0.0125. The number of hydrogen-bond donors (Lipinski definition) is 1. The molecule has 0 aromatic carbocycles. The van der Waals surface area contributed by atoms with E-state index in [4.69, 9.17) is 4.52 Å². The first-order valence-electron chi connectivity index (χ1n) is 13.8. The van der Waals surface area contributed by atoms with Gasteiger partial charge >= 0.3 is 11.9 Å². The average Bonchev–Trinajstić information content (AvgIpc) is 3.78. The highest BCUT2D eigenvalue weighted by molar-refractivity contribution is 5.93. The fourth-order valence-electron chi connectivity index (χ4n) is 5.25. The zero-order valence-electron chi connectivity index (χ0n) is 24.2. The van der Waals surface area contributed by atoms with Gasteiger partial charge in [-0.3, -0.25) is 23.7 Å². The summed E-state index contributed by atoms with van der Waals surface area (Å²) in [5.41, 5.74) is -0.118. The first kappa shape index (κ1) is 29.6. The number of nitrogens with one attached hydrogen (secondary N) is 1. The van der Waals surface area contributed by atoms with Crippen molar-refractivity contribution in [1.82, 2.24) is 43.8 Å². The lowest BCUT2D eigenvalue weighted by molar-refractivity contribution is -0.146. The van der Waals surface area contributed by atoms with Gasteiger partial charge in [-0.2, -0.15) is 13.2 Å². The van der Waals surface area contributed by atoms with Crippen LogP contribution in [0.25, 0.3) is 22.4 Å². The smallest absolute Gasteiger partial charge is 0.361 e. The van der Waals surface area contributed by atoms with E-state index in [1.54, 1.807) is 19.9 Å². The average molecular weight is 626 g/mol. The number of halogens is 3. The Hall–Kier alpha value is -5.42. The summed E-state index contributed by atoms with van der Waals surface area (Å²) in [6.45, 7) is 3.28. The molecule has 1 N–H and O–H groups in total. The number of aromatic nitrogens is 9. The fraction of sp³-hybridized carbons (Fsp3) is 0.370. The van der Waals surface area contributed by atoms with E-state index in [-0.39, 0.29) is 48.1 Å². The molecule has 234 valence electrons. The Labute approximate surface area is 251 Å². The first-order chi connectivity index (χ1) is 21.4. The van der Waals surface area contributed by atoms with Crippen LogP contribution < -0.4 is 21.5 Å². The molecule has 6 rings (SSSR count). The number of hydrogen-bond acceptors (Lipinski definition) is 11. The lowest BCUT2D eigenvalue weighted by atomic mass is 10.2. The van der Waals surface area contributed by atoms with E-state index in [1.807, 2.05) is 0 Å². The highest BCUT2D eigenvalue weighted by atomic mass is 19.4. The Morgan fingerprint density at radius 3 is 2.60 bits per heavy atom. The summed E-state index contributed by atoms with van der Waals surface area (Å²) < 4.78 is 48.7. The summed E-state index contributed by atoms with van der Waals surface area (Å²) in [6.07, 6.45) is 2.67. The molecular formula is C27H26F3N11O4. The van der Waals surface area contributed by atoms with E-state index in [0.29, 0.717) is 23.4 Å². The van der Waals surface area contributed by atoms with Crippen LogP contribution in [0.3, 0.4) is 0 Å². The third-order valence-electron chi connectivity index (χ3n) is 7.56. The van der Waals surface area contributed by atoms with E-state index in [9.17, 15) is 27.6 Å². The molecule has 15 nitrogen and oxygen atoms in total. The number of carbonyl (C=O) groups is 1. The molecule has 5 aromatic rings. The van der Waals surface area contributed by atoms with Crippen molar-refractivity contribution in [3.63, 3.8) is 0 Å². The topological polar surface area (TPSA) is 172 Å². The van der Waals surface area contributed by atoms with Crippen molar-refractivity contribution in [2.75, 3.05) is 16.8 Å². The second-order valence-corrected chi connectivity index (χ2v) is 10.6. The van der Waals surface area contributed by atoms with Crippen LogP contribution in [0.4, 0.5) is 24.9 Å². The molecule has 2 unspecified atom stereocenters. The number of anilines is 2. The lowest BCUT2D eigenvalue weighted by Gasteiger charge is -2.26. The Kier molecular flexibility index (Phi) is 7.41. The largest absolute Gasteiger partial charge is 0.408 e. The molecule has 0 aliphatic carbocycles. The van der Waals surface area contributed by atoms with E-state index < -0.39 is 35.4 Å². The van der Waals surface area contributed by atoms with Crippen LogP contribution in [0.2, 0.25) is 0 Å². The molecule has 1 aliphatic rings. The molecule has 45 heavy (non-hydrogen) atoms. The summed E-state index contributed by atoms with van der Waals surface area (Å²) >= 11 is 0. The molecule has 2 atom stereocenters. The predicted octanol–water partition coefficient (Wildman–Crippen LogP) is 2.22. The SMILES string of the molecule is Cc1cc(Cn2c(=O)c3c(ncn3C(C)C(=O)Nc3cncc(-c4cnc(N5CCCC5C(F)(F)F)nc4)n3)n(C)c2=O)no1. The van der Waals surface area contributed by atoms with Gasteiger partial charge < -0.3 is 19.3 Å². The standard InChI is InChI=1S/C27H26F3N11O4/c1-14-7-17(37-45-14)12-40-24(43)21-22(38(3)26(40)44)34-13-41(21)15(2)23(42)36-20-11-31-10-18(35-20)16-8-32-25(33-9-16)39-6-4-5-19(39)27(28,29)30/h7-11,13,15,19H,4-6,12H2,1-3H3,(H,35,36,42). The fourth-order valence-corrected chi connectivity index (χ4v) is 5.25. The maximum atomic E-state index is 13.5. The molecule has 1 fully saturated rings. The zero-order chi connectivity index (χ0) is 32.0. The van der Waals surface area contributed by atoms with Crippen molar-refractivity contribution in [3.8, 4) is 11.3 Å². The summed E-state index contributed by atoms with van der Waals surface area (Å²) in [7, 11) is 1.47. The molecule has 1 amide bonds. The molecule has 0 saturated carbocycles. The minimum absolute atomic E-state index is 0.0220. The molecule has 1 saturated heterocycles. The Balaban J connectivity index is 1.23. The number of nitrogens with zero attached hydrogens (tertiary/aromatic N) is 10. The van der Waals surface area contributed by atoms with Gasteiger partial charge in [0, 0.05) is 37.6 Å². The summed E-state index contributed by atoms with van der Waals surface area (Å²) in [6, 6.07) is -1.00. The quantitative estimate of drug-likeness (QED) is 0.281. The van der Waals surface area contributed by atoms with Gasteiger partial charge in [0.05, 0.1) is 31.0 Å². The van der Waals surface area contributed by atoms with Crippen LogP contribution in [-0.2, 0) is 18.4 Å². The maximum Gasteiger partial charge on any atom is 0.408 e. The molecule has 0 bridgehead atoms. The third kappa shape index (κ3) is 5.53. The first-order valence-corrected chi connectivity index (χ1v) is 13.8. The Bertz CT molecular complexity index is 2010. The predicted molar refractivity (Wildman–Crippen MR) is 152 cm³/mol. The summed E-state index contributed by atoms with van der Waals surface area (Å²) in [4.78, 5) is 61.7. The van der Waals surface area contributed by atoms with Gasteiger partial charge in [-0.1, -0.05) is 5.16 Å². The van der Waals surface area contributed by atoms with Gasteiger partial charge in [-0.15, -0.1) is 0 Å². The van der Waals surface area contributed by atoms with Crippen LogP contribution in [0, 0.1) is 6.92 Å². The molecular weight excluding hydrogens is 599 g/mol. The summed E-state index contributed by atoms with van der Waals surface area (Å²) in [5, 5.41) is 6.50. The Morgan fingerprint density at radius 2 is 1.91 bits per heavy atom. The van der Waals surface area contributed by atoms with Crippen LogP contribution in [0.5, 0.6) is 0 Å². The van der Waals surface area contributed by atoms with Crippen molar-refractivity contribution in [1.29, 1.82) is 0 Å². The van der Waals surface area contributed by atoms with E-state index in [0.717, 1.165) is 9.47 Å². The van der Waals surface area contributed by atoms with Gasteiger partial charge in [-0.05, 0) is 26.7 Å². The van der Waals surface area contributed by atoms with Crippen LogP contribution in [0.15, 0.2) is 51.3 Å². The van der Waals surface area contributed by atoms with Crippen LogP contribution in [0.1, 0.15) is 37.3 Å². The van der Waals surface area contributed by atoms with E-state index >= 15 is 0 Å². The number of imidazole rings is 1. The maximum absolute atomic E-state index is 13.5. The molecule has 0 radical (unpaired) electrons. The lowest BCUT2D eigenvalue weighted by Crippen LogP contribution is -2.42. The van der Waals surface area contributed by atoms with Crippen molar-refractivity contribution >= 4 is 28.8 Å². The molecule has 1 aliphatic heterocycles. The van der Waals surface area contributed by atoms with E-state index in [1.165, 1.54) is 47.3 Å². The molecule has 5 aromatic heterocycles. The molecule has 18 heteroatoms. The van der Waals surface area contributed by atoms with Gasteiger partial charge in [0.25, 0.3) is 5.56 Å². The second-order valence-electron chi connectivity index (χ2n) is 10.6. The molecule has 6 heterocycles. The Morgan fingerprint density at radius 1 is 1.16 bits per heavy atom. The number of rotatable bonds is 7. The van der Waals surface area contributed by atoms with E-state index in [2.05, 4.69) is 35.4 Å². The minimum atomic E-state index is -4.39. The minimum Gasteiger partial charge on any atom is -0.361 e. The van der Waals surface area contributed by atoms with Crippen molar-refractivity contribution in [2.24, 2.45) is 7.05 Å². The zero-order valence-corrected chi connectivity index (χ0v) is 24.2. The van der Waals surface area contributed by atoms with Gasteiger partial charge in [0.2, 0.25) is 11.9 Å². The number of carbonyl (C=O) groups excluding carboxylic acids is 1. The van der Waals surface area contributed by atoms with Gasteiger partial charge in [0.15, 0.2) is 17.0 Å². The van der Waals surface area contributed by atoms with Crippen LogP contribution >= 0.6 is 0 Å². The number of aryl methyl sites for hydroxylation is 2. The normalized spacial score (nSPS) is 16.0. The van der Waals surface area contributed by atoms with Crippen molar-refractivity contribution < 1.29 is 22.5 Å². The number of amides is 1. The second kappa shape index (κ2) is 11.3.